The zero-order valence-corrected chi connectivity index (χ0v) is 12.5. The first-order chi connectivity index (χ1) is 10.1. The van der Waals surface area contributed by atoms with Gasteiger partial charge >= 0.3 is 0 Å². The van der Waals surface area contributed by atoms with Crippen LogP contribution in [0.25, 0.3) is 0 Å². The normalized spacial score (nSPS) is 10.2. The van der Waals surface area contributed by atoms with Crippen LogP contribution in [0.15, 0.2) is 42.5 Å². The fourth-order valence-corrected chi connectivity index (χ4v) is 1.93. The molecule has 0 aliphatic carbocycles. The van der Waals surface area contributed by atoms with Crippen LogP contribution in [0.4, 0.5) is 4.39 Å². The van der Waals surface area contributed by atoms with Crippen molar-refractivity contribution in [3.8, 4) is 11.5 Å². The molecule has 0 radical (unpaired) electrons. The molecule has 110 valence electrons. The summed E-state index contributed by atoms with van der Waals surface area (Å²) in [5, 5.41) is 0. The van der Waals surface area contributed by atoms with Gasteiger partial charge < -0.3 is 15.2 Å². The Bertz CT molecular complexity index is 646. The van der Waals surface area contributed by atoms with Crippen LogP contribution in [-0.2, 0) is 6.61 Å². The highest BCUT2D eigenvalue weighted by Gasteiger charge is 2.06. The molecule has 2 aromatic rings. The highest BCUT2D eigenvalue weighted by Crippen LogP contribution is 2.21. The Hall–Kier alpha value is -2.14. The van der Waals surface area contributed by atoms with E-state index in [9.17, 15) is 4.39 Å². The van der Waals surface area contributed by atoms with Crippen LogP contribution in [-0.4, -0.2) is 11.6 Å². The maximum absolute atomic E-state index is 13.9. The number of hydrogen-bond acceptors (Lipinski definition) is 3. The van der Waals surface area contributed by atoms with E-state index >= 15 is 0 Å². The molecule has 0 amide bonds. The molecule has 5 heteroatoms. The maximum Gasteiger partial charge on any atom is 0.130 e. The highest BCUT2D eigenvalue weighted by atomic mass is 32.1. The van der Waals surface area contributed by atoms with Gasteiger partial charge in [0.05, 0.1) is 6.61 Å². The average Bonchev–Trinajstić information content (AvgIpc) is 2.46. The van der Waals surface area contributed by atoms with E-state index in [1.54, 1.807) is 24.3 Å². The summed E-state index contributed by atoms with van der Waals surface area (Å²) < 4.78 is 24.9. The fraction of sp³-hybridized carbons (Fsp3) is 0.188. The van der Waals surface area contributed by atoms with Gasteiger partial charge in [0.15, 0.2) is 0 Å². The molecule has 21 heavy (non-hydrogen) atoms. The standard InChI is InChI=1S/C16H16FNO2S/c1-2-19-13-4-3-5-14(9-13)20-10-12-7-6-11(16(18)21)8-15(12)17/h3-9H,2,10H2,1H3,(H2,18,21). The lowest BCUT2D eigenvalue weighted by Crippen LogP contribution is -2.10. The van der Waals surface area contributed by atoms with E-state index in [0.717, 1.165) is 5.75 Å². The van der Waals surface area contributed by atoms with Crippen molar-refractivity contribution in [1.29, 1.82) is 0 Å². The number of halogens is 1. The first-order valence-electron chi connectivity index (χ1n) is 6.54. The Morgan fingerprint density at radius 2 is 1.86 bits per heavy atom. The molecular weight excluding hydrogens is 289 g/mol. The van der Waals surface area contributed by atoms with Crippen LogP contribution in [0.2, 0.25) is 0 Å². The lowest BCUT2D eigenvalue weighted by atomic mass is 10.1. The molecule has 2 N–H and O–H groups in total. The van der Waals surface area contributed by atoms with Gasteiger partial charge in [0, 0.05) is 17.2 Å². The average molecular weight is 305 g/mol. The molecule has 2 rings (SSSR count). The third-order valence-electron chi connectivity index (χ3n) is 2.85. The smallest absolute Gasteiger partial charge is 0.130 e. The second kappa shape index (κ2) is 7.04. The second-order valence-electron chi connectivity index (χ2n) is 4.37. The summed E-state index contributed by atoms with van der Waals surface area (Å²) in [5.41, 5.74) is 6.41. The molecule has 0 heterocycles. The molecule has 0 aliphatic heterocycles. The largest absolute Gasteiger partial charge is 0.494 e. The number of ether oxygens (including phenoxy) is 2. The molecule has 0 saturated carbocycles. The summed E-state index contributed by atoms with van der Waals surface area (Å²) in [6.07, 6.45) is 0. The first-order valence-corrected chi connectivity index (χ1v) is 6.95. The topological polar surface area (TPSA) is 44.5 Å². The van der Waals surface area contributed by atoms with E-state index in [1.807, 2.05) is 19.1 Å². The van der Waals surface area contributed by atoms with Crippen LogP contribution < -0.4 is 15.2 Å². The molecule has 0 spiro atoms. The van der Waals surface area contributed by atoms with E-state index in [4.69, 9.17) is 27.4 Å². The van der Waals surface area contributed by atoms with Crippen molar-refractivity contribution >= 4 is 17.2 Å². The summed E-state index contributed by atoms with van der Waals surface area (Å²) in [6, 6.07) is 11.9. The molecule has 0 unspecified atom stereocenters. The quantitative estimate of drug-likeness (QED) is 0.830. The minimum Gasteiger partial charge on any atom is -0.494 e. The lowest BCUT2D eigenvalue weighted by molar-refractivity contribution is 0.294. The van der Waals surface area contributed by atoms with Crippen LogP contribution in [0.3, 0.4) is 0 Å². The Morgan fingerprint density at radius 1 is 1.14 bits per heavy atom. The van der Waals surface area contributed by atoms with Crippen LogP contribution >= 0.6 is 12.2 Å². The summed E-state index contributed by atoms with van der Waals surface area (Å²) in [5.74, 6) is 0.958. The van der Waals surface area contributed by atoms with E-state index in [0.29, 0.717) is 23.5 Å². The summed E-state index contributed by atoms with van der Waals surface area (Å²) in [6.45, 7) is 2.61. The lowest BCUT2D eigenvalue weighted by Gasteiger charge is -2.10. The Balaban J connectivity index is 2.06. The van der Waals surface area contributed by atoms with E-state index in [2.05, 4.69) is 0 Å². The number of thiocarbonyl (C=S) groups is 1. The van der Waals surface area contributed by atoms with Crippen molar-refractivity contribution < 1.29 is 13.9 Å². The van der Waals surface area contributed by atoms with Gasteiger partial charge in [0.1, 0.15) is 28.9 Å². The zero-order valence-electron chi connectivity index (χ0n) is 11.6. The van der Waals surface area contributed by atoms with Gasteiger partial charge in [-0.2, -0.15) is 0 Å². The van der Waals surface area contributed by atoms with Gasteiger partial charge in [-0.1, -0.05) is 30.4 Å². The van der Waals surface area contributed by atoms with Gasteiger partial charge in [0.2, 0.25) is 0 Å². The predicted molar refractivity (Wildman–Crippen MR) is 84.2 cm³/mol. The molecule has 0 aliphatic rings. The minimum absolute atomic E-state index is 0.124. The molecule has 2 aromatic carbocycles. The van der Waals surface area contributed by atoms with Crippen LogP contribution in [0.5, 0.6) is 11.5 Å². The van der Waals surface area contributed by atoms with Crippen molar-refractivity contribution in [2.24, 2.45) is 5.73 Å². The van der Waals surface area contributed by atoms with Crippen molar-refractivity contribution in [2.75, 3.05) is 6.61 Å². The summed E-state index contributed by atoms with van der Waals surface area (Å²) in [7, 11) is 0. The molecule has 0 aromatic heterocycles. The van der Waals surface area contributed by atoms with Gasteiger partial charge in [-0.15, -0.1) is 0 Å². The number of nitrogens with two attached hydrogens (primary N) is 1. The molecule has 0 bridgehead atoms. The molecule has 0 atom stereocenters. The first kappa shape index (κ1) is 15.3. The molecule has 0 saturated heterocycles. The number of rotatable bonds is 6. The zero-order chi connectivity index (χ0) is 15.2. The molecule has 3 nitrogen and oxygen atoms in total. The van der Waals surface area contributed by atoms with Crippen molar-refractivity contribution in [2.45, 2.75) is 13.5 Å². The van der Waals surface area contributed by atoms with Gasteiger partial charge in [-0.05, 0) is 25.1 Å². The monoisotopic (exact) mass is 305 g/mol. The van der Waals surface area contributed by atoms with Gasteiger partial charge in [-0.3, -0.25) is 0 Å². The molecule has 0 fully saturated rings. The summed E-state index contributed by atoms with van der Waals surface area (Å²) in [4.78, 5) is 0.172. The SMILES string of the molecule is CCOc1cccc(OCc2ccc(C(N)=S)cc2F)c1. The van der Waals surface area contributed by atoms with E-state index in [-0.39, 0.29) is 17.4 Å². The maximum atomic E-state index is 13.9. The van der Waals surface area contributed by atoms with Crippen molar-refractivity contribution in [1.82, 2.24) is 0 Å². The van der Waals surface area contributed by atoms with E-state index in [1.165, 1.54) is 6.07 Å². The Labute approximate surface area is 128 Å². The van der Waals surface area contributed by atoms with E-state index < -0.39 is 0 Å². The minimum atomic E-state index is -0.388. The third-order valence-corrected chi connectivity index (χ3v) is 3.08. The van der Waals surface area contributed by atoms with Gasteiger partial charge in [-0.25, -0.2) is 4.39 Å². The van der Waals surface area contributed by atoms with Crippen molar-refractivity contribution in [3.05, 3.63) is 59.4 Å². The second-order valence-corrected chi connectivity index (χ2v) is 4.81. The van der Waals surface area contributed by atoms with Gasteiger partial charge in [0.25, 0.3) is 0 Å². The number of benzene rings is 2. The predicted octanol–water partition coefficient (Wildman–Crippen LogP) is 3.44. The molecular formula is C16H16FNO2S. The fourth-order valence-electron chi connectivity index (χ4n) is 1.80. The van der Waals surface area contributed by atoms with Crippen LogP contribution in [0, 0.1) is 5.82 Å². The third kappa shape index (κ3) is 4.16. The van der Waals surface area contributed by atoms with Crippen molar-refractivity contribution in [3.63, 3.8) is 0 Å². The Morgan fingerprint density at radius 3 is 2.48 bits per heavy atom. The Kier molecular flexibility index (Phi) is 5.11. The number of hydrogen-bond donors (Lipinski definition) is 1. The highest BCUT2D eigenvalue weighted by molar-refractivity contribution is 7.80. The van der Waals surface area contributed by atoms with Crippen LogP contribution in [0.1, 0.15) is 18.1 Å². The summed E-state index contributed by atoms with van der Waals surface area (Å²) >= 11 is 4.81.